The van der Waals surface area contributed by atoms with Crippen LogP contribution in [0.5, 0.6) is 0 Å². The lowest BCUT2D eigenvalue weighted by Crippen LogP contribution is -2.50. The second-order valence-corrected chi connectivity index (χ2v) is 6.22. The summed E-state index contributed by atoms with van der Waals surface area (Å²) in [6.07, 6.45) is -2.54. The van der Waals surface area contributed by atoms with Gasteiger partial charge in [-0.3, -0.25) is 4.79 Å². The van der Waals surface area contributed by atoms with Gasteiger partial charge in [0.25, 0.3) is 0 Å². The highest BCUT2D eigenvalue weighted by Gasteiger charge is 2.35. The van der Waals surface area contributed by atoms with Crippen LogP contribution in [0.1, 0.15) is 37.8 Å². The average molecular weight is 314 g/mol. The first-order valence-corrected chi connectivity index (χ1v) is 7.40. The van der Waals surface area contributed by atoms with Crippen molar-refractivity contribution in [3.63, 3.8) is 0 Å². The van der Waals surface area contributed by atoms with Crippen molar-refractivity contribution in [2.45, 2.75) is 44.3 Å². The van der Waals surface area contributed by atoms with Crippen molar-refractivity contribution >= 4 is 5.91 Å². The molecule has 2 N–H and O–H groups in total. The molecule has 1 aliphatic heterocycles. The number of carbonyl (C=O) groups is 1. The highest BCUT2D eigenvalue weighted by Crippen LogP contribution is 2.33. The van der Waals surface area contributed by atoms with Gasteiger partial charge >= 0.3 is 6.18 Å². The number of alkyl halides is 3. The maximum Gasteiger partial charge on any atom is 0.416 e. The molecule has 1 atom stereocenters. The molecule has 1 aromatic rings. The van der Waals surface area contributed by atoms with E-state index < -0.39 is 17.2 Å². The Kier molecular flexibility index (Phi) is 4.80. The molecule has 0 radical (unpaired) electrons. The predicted molar refractivity (Wildman–Crippen MR) is 78.5 cm³/mol. The normalized spacial score (nSPS) is 19.8. The van der Waals surface area contributed by atoms with Gasteiger partial charge in [0.15, 0.2) is 0 Å². The maximum absolute atomic E-state index is 12.8. The van der Waals surface area contributed by atoms with Gasteiger partial charge in [0.1, 0.15) is 0 Å². The van der Waals surface area contributed by atoms with Crippen molar-refractivity contribution in [3.05, 3.63) is 35.4 Å². The number of hydrogen-bond acceptors (Lipinski definition) is 2. The summed E-state index contributed by atoms with van der Waals surface area (Å²) in [6.45, 7) is 4.93. The third kappa shape index (κ3) is 3.80. The fourth-order valence-electron chi connectivity index (χ4n) is 2.56. The number of rotatable bonds is 3. The molecule has 0 bridgehead atoms. The monoisotopic (exact) mass is 314 g/mol. The van der Waals surface area contributed by atoms with Crippen LogP contribution in [0.3, 0.4) is 0 Å². The molecular formula is C16H21F3N2O. The van der Waals surface area contributed by atoms with E-state index in [4.69, 9.17) is 0 Å². The summed E-state index contributed by atoms with van der Waals surface area (Å²) in [4.78, 5) is 12.5. The fraction of sp³-hybridized carbons (Fsp3) is 0.562. The summed E-state index contributed by atoms with van der Waals surface area (Å²) in [5.41, 5.74) is -1.38. The molecule has 122 valence electrons. The first-order valence-electron chi connectivity index (χ1n) is 7.40. The second kappa shape index (κ2) is 6.28. The number of halogens is 3. The molecule has 1 saturated heterocycles. The van der Waals surface area contributed by atoms with Crippen LogP contribution >= 0.6 is 0 Å². The Morgan fingerprint density at radius 3 is 2.55 bits per heavy atom. The summed E-state index contributed by atoms with van der Waals surface area (Å²) in [5.74, 6) is -0.250. The third-order valence-corrected chi connectivity index (χ3v) is 4.11. The highest BCUT2D eigenvalue weighted by molar-refractivity contribution is 5.87. The van der Waals surface area contributed by atoms with E-state index in [2.05, 4.69) is 10.6 Å². The van der Waals surface area contributed by atoms with Crippen molar-refractivity contribution in [3.8, 4) is 0 Å². The van der Waals surface area contributed by atoms with Gasteiger partial charge in [-0.25, -0.2) is 0 Å². The molecule has 1 unspecified atom stereocenters. The van der Waals surface area contributed by atoms with Crippen molar-refractivity contribution in [2.75, 3.05) is 13.1 Å². The van der Waals surface area contributed by atoms with E-state index in [9.17, 15) is 18.0 Å². The van der Waals surface area contributed by atoms with E-state index >= 15 is 0 Å². The molecule has 0 spiro atoms. The Hall–Kier alpha value is -1.56. The van der Waals surface area contributed by atoms with Gasteiger partial charge in [-0.15, -0.1) is 0 Å². The number of carbonyl (C=O) groups excluding carboxylic acids is 1. The minimum Gasteiger partial charge on any atom is -0.351 e. The zero-order valence-electron chi connectivity index (χ0n) is 12.8. The zero-order valence-corrected chi connectivity index (χ0v) is 12.8. The van der Waals surface area contributed by atoms with Gasteiger partial charge in [-0.05, 0) is 44.9 Å². The molecule has 0 aliphatic carbocycles. The molecule has 1 heterocycles. The van der Waals surface area contributed by atoms with E-state index in [-0.39, 0.29) is 11.9 Å². The van der Waals surface area contributed by atoms with Crippen molar-refractivity contribution < 1.29 is 18.0 Å². The first-order chi connectivity index (χ1) is 10.2. The van der Waals surface area contributed by atoms with Gasteiger partial charge in [0.05, 0.1) is 11.0 Å². The van der Waals surface area contributed by atoms with E-state index in [1.54, 1.807) is 19.9 Å². The second-order valence-electron chi connectivity index (χ2n) is 6.22. The molecule has 1 amide bonds. The number of nitrogens with one attached hydrogen (secondary N) is 2. The molecule has 0 saturated carbocycles. The van der Waals surface area contributed by atoms with Crippen LogP contribution < -0.4 is 10.6 Å². The Balaban J connectivity index is 2.16. The molecule has 2 rings (SSSR count). The lowest BCUT2D eigenvalue weighted by molar-refractivity contribution is -0.138. The van der Waals surface area contributed by atoms with Gasteiger partial charge < -0.3 is 10.6 Å². The largest absolute Gasteiger partial charge is 0.416 e. The Labute approximate surface area is 128 Å². The highest BCUT2D eigenvalue weighted by atomic mass is 19.4. The van der Waals surface area contributed by atoms with E-state index in [1.165, 1.54) is 6.07 Å². The molecule has 6 heteroatoms. The van der Waals surface area contributed by atoms with E-state index in [0.717, 1.165) is 31.5 Å². The summed E-state index contributed by atoms with van der Waals surface area (Å²) in [7, 11) is 0. The number of hydrogen-bond donors (Lipinski definition) is 2. The molecule has 1 aliphatic rings. The van der Waals surface area contributed by atoms with E-state index in [0.29, 0.717) is 12.1 Å². The molecule has 22 heavy (non-hydrogen) atoms. The van der Waals surface area contributed by atoms with Crippen LogP contribution in [0.4, 0.5) is 13.2 Å². The fourth-order valence-corrected chi connectivity index (χ4v) is 2.56. The van der Waals surface area contributed by atoms with Crippen molar-refractivity contribution in [2.24, 2.45) is 0 Å². The molecule has 3 nitrogen and oxygen atoms in total. The predicted octanol–water partition coefficient (Wildman–Crippen LogP) is 2.85. The van der Waals surface area contributed by atoms with Crippen molar-refractivity contribution in [1.82, 2.24) is 10.6 Å². The number of benzene rings is 1. The Bertz CT molecular complexity index is 534. The van der Waals surface area contributed by atoms with Crippen LogP contribution in [0.2, 0.25) is 0 Å². The number of amides is 1. The zero-order chi connectivity index (χ0) is 16.4. The first kappa shape index (κ1) is 16.8. The average Bonchev–Trinajstić information content (AvgIpc) is 2.47. The minimum absolute atomic E-state index is 0.0336. The number of piperidine rings is 1. The van der Waals surface area contributed by atoms with Crippen LogP contribution in [0.15, 0.2) is 24.3 Å². The quantitative estimate of drug-likeness (QED) is 0.901. The summed E-state index contributed by atoms with van der Waals surface area (Å²) in [6, 6.07) is 5.01. The molecule has 1 fully saturated rings. The minimum atomic E-state index is -4.41. The van der Waals surface area contributed by atoms with Crippen LogP contribution in [-0.4, -0.2) is 25.0 Å². The van der Waals surface area contributed by atoms with E-state index in [1.807, 2.05) is 0 Å². The SMILES string of the molecule is CC(C)(C(=O)NC1CCCNC1)c1cccc(C(F)(F)F)c1. The summed E-state index contributed by atoms with van der Waals surface area (Å²) < 4.78 is 38.5. The van der Waals surface area contributed by atoms with Gasteiger partial charge in [0, 0.05) is 12.6 Å². The third-order valence-electron chi connectivity index (χ3n) is 4.11. The Morgan fingerprint density at radius 2 is 1.95 bits per heavy atom. The van der Waals surface area contributed by atoms with Gasteiger partial charge in [-0.2, -0.15) is 13.2 Å². The smallest absolute Gasteiger partial charge is 0.351 e. The van der Waals surface area contributed by atoms with Crippen LogP contribution in [0, 0.1) is 0 Å². The topological polar surface area (TPSA) is 41.1 Å². The van der Waals surface area contributed by atoms with Crippen molar-refractivity contribution in [1.29, 1.82) is 0 Å². The van der Waals surface area contributed by atoms with Gasteiger partial charge in [0.2, 0.25) is 5.91 Å². The summed E-state index contributed by atoms with van der Waals surface area (Å²) >= 11 is 0. The van der Waals surface area contributed by atoms with Crippen LogP contribution in [0.25, 0.3) is 0 Å². The molecule has 1 aromatic carbocycles. The molecule has 0 aromatic heterocycles. The molecular weight excluding hydrogens is 293 g/mol. The van der Waals surface area contributed by atoms with Crippen LogP contribution in [-0.2, 0) is 16.4 Å². The standard InChI is InChI=1S/C16H21F3N2O/c1-15(2,14(22)21-13-7-4-8-20-10-13)11-5-3-6-12(9-11)16(17,18)19/h3,5-6,9,13,20H,4,7-8,10H2,1-2H3,(H,21,22). The Morgan fingerprint density at radius 1 is 1.27 bits per heavy atom. The lowest BCUT2D eigenvalue weighted by Gasteiger charge is -2.30. The van der Waals surface area contributed by atoms with Gasteiger partial charge in [-0.1, -0.05) is 18.2 Å². The lowest BCUT2D eigenvalue weighted by atomic mass is 9.82. The summed E-state index contributed by atoms with van der Waals surface area (Å²) in [5, 5.41) is 6.13. The maximum atomic E-state index is 12.8.